The van der Waals surface area contributed by atoms with E-state index in [4.69, 9.17) is 10.2 Å². The first-order valence-corrected chi connectivity index (χ1v) is 7.13. The number of aromatic amines is 1. The molecule has 0 atom stereocenters. The third-order valence-electron chi connectivity index (χ3n) is 3.78. The van der Waals surface area contributed by atoms with Crippen molar-refractivity contribution in [3.8, 4) is 11.4 Å². The number of anilines is 2. The van der Waals surface area contributed by atoms with Gasteiger partial charge in [0.2, 0.25) is 17.0 Å². The van der Waals surface area contributed by atoms with E-state index in [0.717, 1.165) is 5.69 Å². The van der Waals surface area contributed by atoms with Crippen LogP contribution >= 0.6 is 0 Å². The van der Waals surface area contributed by atoms with Crippen LogP contribution in [0.1, 0.15) is 0 Å². The first-order chi connectivity index (χ1) is 11.5. The predicted molar refractivity (Wildman–Crippen MR) is 89.7 cm³/mol. The van der Waals surface area contributed by atoms with E-state index in [1.807, 2.05) is 25.1 Å². The minimum atomic E-state index is -0.188. The van der Waals surface area contributed by atoms with Crippen molar-refractivity contribution >= 4 is 33.6 Å². The van der Waals surface area contributed by atoms with Crippen LogP contribution < -0.4 is 16.1 Å². The van der Waals surface area contributed by atoms with E-state index in [9.17, 15) is 4.79 Å². The van der Waals surface area contributed by atoms with Crippen molar-refractivity contribution in [3.63, 3.8) is 0 Å². The van der Waals surface area contributed by atoms with Crippen molar-refractivity contribution in [1.29, 1.82) is 0 Å². The van der Waals surface area contributed by atoms with Gasteiger partial charge in [-0.25, -0.2) is 0 Å². The predicted octanol–water partition coefficient (Wildman–Crippen LogP) is 1.17. The van der Waals surface area contributed by atoms with Crippen LogP contribution in [0.5, 0.6) is 0 Å². The van der Waals surface area contributed by atoms with Gasteiger partial charge >= 0.3 is 0 Å². The van der Waals surface area contributed by atoms with Crippen LogP contribution in [0.25, 0.3) is 33.5 Å². The van der Waals surface area contributed by atoms with E-state index >= 15 is 0 Å². The second-order valence-corrected chi connectivity index (χ2v) is 5.52. The van der Waals surface area contributed by atoms with Crippen molar-refractivity contribution in [1.82, 2.24) is 25.6 Å². The number of pyridine rings is 1. The molecule has 0 saturated heterocycles. The smallest absolute Gasteiger partial charge is 0.232 e. The monoisotopic (exact) mass is 323 g/mol. The van der Waals surface area contributed by atoms with E-state index < -0.39 is 0 Å². The Morgan fingerprint density at radius 2 is 2.04 bits per heavy atom. The minimum Gasteiger partial charge on any atom is -0.437 e. The number of aromatic nitrogens is 5. The van der Waals surface area contributed by atoms with Gasteiger partial charge in [0.25, 0.3) is 0 Å². The normalized spacial score (nSPS) is 11.2. The van der Waals surface area contributed by atoms with Crippen LogP contribution in [-0.4, -0.2) is 39.7 Å². The molecule has 3 heterocycles. The van der Waals surface area contributed by atoms with Gasteiger partial charge in [0.15, 0.2) is 0 Å². The maximum atomic E-state index is 12.9. The van der Waals surface area contributed by atoms with E-state index in [2.05, 4.69) is 25.6 Å². The van der Waals surface area contributed by atoms with Gasteiger partial charge in [-0.2, -0.15) is 10.2 Å². The maximum absolute atomic E-state index is 12.9. The Kier molecular flexibility index (Phi) is 2.95. The molecule has 0 radical (unpaired) electrons. The van der Waals surface area contributed by atoms with Gasteiger partial charge in [0.1, 0.15) is 11.4 Å². The molecular formula is C15H13N7O2. The number of H-pyrrole nitrogens is 1. The number of nitrogen functional groups attached to an aromatic ring is 1. The summed E-state index contributed by atoms with van der Waals surface area (Å²) < 4.78 is 5.74. The van der Waals surface area contributed by atoms with Crippen LogP contribution in [0.3, 0.4) is 0 Å². The number of nitrogens with zero attached hydrogens (tertiary/aromatic N) is 5. The SMILES string of the molecule is CN(C)c1ccc2oc3nc(N)c(-c4nn[nH]n4)cc3c(=O)c2c1. The molecule has 4 rings (SSSR count). The summed E-state index contributed by atoms with van der Waals surface area (Å²) >= 11 is 0. The second kappa shape index (κ2) is 5.01. The number of tetrazole rings is 1. The third-order valence-corrected chi connectivity index (χ3v) is 3.78. The number of hydrogen-bond acceptors (Lipinski definition) is 8. The standard InChI is InChI=1S/C15H13N7O2/c1-22(2)7-3-4-11-8(5-7)12(23)9-6-10(14-18-20-21-19-14)13(16)17-15(9)24-11/h3-6H,1-2H3,(H2,16,17)(H,18,19,20,21). The van der Waals surface area contributed by atoms with Gasteiger partial charge in [0.05, 0.1) is 16.3 Å². The molecule has 24 heavy (non-hydrogen) atoms. The molecule has 0 fully saturated rings. The molecule has 3 N–H and O–H groups in total. The highest BCUT2D eigenvalue weighted by molar-refractivity contribution is 5.93. The Morgan fingerprint density at radius 3 is 2.75 bits per heavy atom. The summed E-state index contributed by atoms with van der Waals surface area (Å²) in [6.45, 7) is 0. The summed E-state index contributed by atoms with van der Waals surface area (Å²) in [5.74, 6) is 0.430. The third kappa shape index (κ3) is 2.06. The van der Waals surface area contributed by atoms with Gasteiger partial charge in [-0.1, -0.05) is 0 Å². The Morgan fingerprint density at radius 1 is 1.21 bits per heavy atom. The fraction of sp³-hybridized carbons (Fsp3) is 0.133. The molecule has 9 heteroatoms. The van der Waals surface area contributed by atoms with Gasteiger partial charge in [-0.05, 0) is 29.5 Å². The zero-order chi connectivity index (χ0) is 16.8. The van der Waals surface area contributed by atoms with Crippen LogP contribution in [0.4, 0.5) is 11.5 Å². The Bertz CT molecular complexity index is 1120. The molecule has 0 unspecified atom stereocenters. The number of fused-ring (bicyclic) bond motifs is 2. The van der Waals surface area contributed by atoms with Crippen molar-refractivity contribution in [3.05, 3.63) is 34.5 Å². The zero-order valence-corrected chi connectivity index (χ0v) is 12.9. The molecule has 1 aromatic carbocycles. The van der Waals surface area contributed by atoms with Crippen molar-refractivity contribution in [2.75, 3.05) is 24.7 Å². The fourth-order valence-electron chi connectivity index (χ4n) is 2.52. The van der Waals surface area contributed by atoms with Gasteiger partial charge in [-0.3, -0.25) is 4.79 Å². The zero-order valence-electron chi connectivity index (χ0n) is 12.9. The van der Waals surface area contributed by atoms with Crippen molar-refractivity contribution in [2.45, 2.75) is 0 Å². The molecule has 0 aliphatic heterocycles. The van der Waals surface area contributed by atoms with Crippen LogP contribution in [0.15, 0.2) is 33.5 Å². The Labute approximate surface area is 135 Å². The summed E-state index contributed by atoms with van der Waals surface area (Å²) in [6, 6.07) is 6.98. The van der Waals surface area contributed by atoms with Crippen molar-refractivity contribution < 1.29 is 4.42 Å². The van der Waals surface area contributed by atoms with E-state index in [-0.39, 0.29) is 22.8 Å². The summed E-state index contributed by atoms with van der Waals surface area (Å²) in [4.78, 5) is 19.0. The fourth-order valence-corrected chi connectivity index (χ4v) is 2.52. The Hall–Kier alpha value is -3.49. The average molecular weight is 323 g/mol. The van der Waals surface area contributed by atoms with E-state index in [0.29, 0.717) is 21.9 Å². The van der Waals surface area contributed by atoms with Crippen LogP contribution in [-0.2, 0) is 0 Å². The van der Waals surface area contributed by atoms with Crippen LogP contribution in [0.2, 0.25) is 0 Å². The van der Waals surface area contributed by atoms with Gasteiger partial charge < -0.3 is 15.1 Å². The molecular weight excluding hydrogens is 310 g/mol. The van der Waals surface area contributed by atoms with E-state index in [1.165, 1.54) is 0 Å². The minimum absolute atomic E-state index is 0.163. The molecule has 0 spiro atoms. The first-order valence-electron chi connectivity index (χ1n) is 7.13. The summed E-state index contributed by atoms with van der Waals surface area (Å²) in [6.07, 6.45) is 0. The quantitative estimate of drug-likeness (QED) is 0.526. The average Bonchev–Trinajstić information content (AvgIpc) is 3.08. The number of nitrogens with one attached hydrogen (secondary N) is 1. The second-order valence-electron chi connectivity index (χ2n) is 5.52. The summed E-state index contributed by atoms with van der Waals surface area (Å²) in [5, 5.41) is 14.4. The number of hydrogen-bond donors (Lipinski definition) is 2. The molecule has 120 valence electrons. The number of nitrogens with two attached hydrogens (primary N) is 1. The highest BCUT2D eigenvalue weighted by atomic mass is 16.3. The lowest BCUT2D eigenvalue weighted by Crippen LogP contribution is -2.10. The lowest BCUT2D eigenvalue weighted by molar-refractivity contribution is 0.645. The molecule has 0 saturated carbocycles. The molecule has 0 amide bonds. The lowest BCUT2D eigenvalue weighted by atomic mass is 10.1. The number of benzene rings is 1. The van der Waals surface area contributed by atoms with Gasteiger partial charge in [0, 0.05) is 19.8 Å². The molecule has 3 aromatic heterocycles. The molecule has 0 aliphatic carbocycles. The lowest BCUT2D eigenvalue weighted by Gasteiger charge is -2.12. The molecule has 0 bridgehead atoms. The first kappa shape index (κ1) is 14.1. The summed E-state index contributed by atoms with van der Waals surface area (Å²) in [7, 11) is 3.81. The van der Waals surface area contributed by atoms with Gasteiger partial charge in [-0.15, -0.1) is 10.2 Å². The van der Waals surface area contributed by atoms with Crippen molar-refractivity contribution in [2.24, 2.45) is 0 Å². The number of rotatable bonds is 2. The largest absolute Gasteiger partial charge is 0.437 e. The molecule has 0 aliphatic rings. The topological polar surface area (TPSA) is 127 Å². The Balaban J connectivity index is 2.06. The molecule has 4 aromatic rings. The highest BCUT2D eigenvalue weighted by Crippen LogP contribution is 2.27. The molecule has 9 nitrogen and oxygen atoms in total. The van der Waals surface area contributed by atoms with Crippen LogP contribution in [0, 0.1) is 0 Å². The maximum Gasteiger partial charge on any atom is 0.232 e. The highest BCUT2D eigenvalue weighted by Gasteiger charge is 2.16. The van der Waals surface area contributed by atoms with E-state index in [1.54, 1.807) is 18.2 Å². The summed E-state index contributed by atoms with van der Waals surface area (Å²) in [5.41, 5.74) is 7.70.